The molecule has 0 amide bonds. The number of pyridine rings is 1. The second-order valence-corrected chi connectivity index (χ2v) is 9.58. The number of carbonyl (C=O) groups is 2. The van der Waals surface area contributed by atoms with Gasteiger partial charge >= 0.3 is 0 Å². The smallest absolute Gasteiger partial charge is 0.255 e. The highest BCUT2D eigenvalue weighted by Gasteiger charge is 2.54. The Morgan fingerprint density at radius 3 is 2.72 bits per heavy atom. The maximum atomic E-state index is 12.9. The molecule has 9 heteroatoms. The predicted octanol–water partition coefficient (Wildman–Crippen LogP) is 3.27. The van der Waals surface area contributed by atoms with Gasteiger partial charge in [0.25, 0.3) is 5.56 Å². The molecule has 1 aromatic carbocycles. The quantitative estimate of drug-likeness (QED) is 0.449. The van der Waals surface area contributed by atoms with Crippen LogP contribution in [0.5, 0.6) is 5.75 Å². The molecule has 2 fully saturated rings. The van der Waals surface area contributed by atoms with Gasteiger partial charge in [-0.25, -0.2) is 0 Å². The Kier molecular flexibility index (Phi) is 6.68. The fraction of sp³-hybridized carbons (Fsp3) is 0.522. The fourth-order valence-corrected chi connectivity index (χ4v) is 5.65. The number of fused-ring (bicyclic) bond motifs is 1. The number of ketones is 2. The second kappa shape index (κ2) is 9.17. The number of aromatic amines is 1. The number of hydrogen-bond donors (Lipinski definition) is 3. The van der Waals surface area contributed by atoms with Crippen LogP contribution >= 0.6 is 24.2 Å². The number of Topliss-reactive ketones (excluding diaryl/α,β-unsaturated/α-hetero) is 2. The van der Waals surface area contributed by atoms with Gasteiger partial charge in [0.05, 0.1) is 17.0 Å². The molecule has 1 aliphatic heterocycles. The summed E-state index contributed by atoms with van der Waals surface area (Å²) in [7, 11) is 0. The van der Waals surface area contributed by atoms with Gasteiger partial charge in [0.2, 0.25) is 0 Å². The predicted molar refractivity (Wildman–Crippen MR) is 125 cm³/mol. The lowest BCUT2D eigenvalue weighted by Crippen LogP contribution is -2.58. The highest BCUT2D eigenvalue weighted by atomic mass is 35.5. The van der Waals surface area contributed by atoms with E-state index in [1.165, 1.54) is 0 Å². The fourth-order valence-electron chi connectivity index (χ4n) is 5.22. The van der Waals surface area contributed by atoms with Crippen LogP contribution in [0.25, 0.3) is 10.8 Å². The number of hydrogen-bond acceptors (Lipinski definition) is 7. The minimum Gasteiger partial charge on any atom is -0.489 e. The first kappa shape index (κ1) is 23.3. The van der Waals surface area contributed by atoms with Crippen LogP contribution in [0.2, 0.25) is 5.02 Å². The molecule has 3 N–H and O–H groups in total. The number of carbonyl (C=O) groups excluding carboxylic acids is 2. The number of aromatic nitrogens is 1. The minimum absolute atomic E-state index is 0.117. The molecule has 0 radical (unpaired) electrons. The van der Waals surface area contributed by atoms with Crippen molar-refractivity contribution in [3.8, 4) is 5.75 Å². The summed E-state index contributed by atoms with van der Waals surface area (Å²) >= 11 is 10.6. The highest BCUT2D eigenvalue weighted by molar-refractivity contribution is 7.81. The van der Waals surface area contributed by atoms with Crippen LogP contribution in [-0.4, -0.2) is 40.7 Å². The number of rotatable bonds is 5. The maximum absolute atomic E-state index is 12.9. The molecule has 1 aromatic heterocycles. The van der Waals surface area contributed by atoms with E-state index in [0.29, 0.717) is 48.3 Å². The van der Waals surface area contributed by atoms with Crippen molar-refractivity contribution in [3.63, 3.8) is 0 Å². The minimum atomic E-state index is -0.896. The van der Waals surface area contributed by atoms with Crippen LogP contribution in [0.1, 0.15) is 39.0 Å². The number of thiol groups is 1. The lowest BCUT2D eigenvalue weighted by Gasteiger charge is -2.49. The number of H-pyrrole nitrogens is 1. The lowest BCUT2D eigenvalue weighted by atomic mass is 9.58. The number of nitrogens with one attached hydrogen (secondary N) is 1. The third kappa shape index (κ3) is 4.09. The van der Waals surface area contributed by atoms with Crippen molar-refractivity contribution in [2.75, 3.05) is 6.61 Å². The van der Waals surface area contributed by atoms with E-state index in [1.54, 1.807) is 24.4 Å². The van der Waals surface area contributed by atoms with Gasteiger partial charge < -0.3 is 20.2 Å². The number of benzene rings is 1. The van der Waals surface area contributed by atoms with Crippen LogP contribution in [-0.2, 0) is 14.3 Å². The van der Waals surface area contributed by atoms with Crippen LogP contribution in [0.4, 0.5) is 0 Å². The van der Waals surface area contributed by atoms with E-state index in [9.17, 15) is 14.4 Å². The summed E-state index contributed by atoms with van der Waals surface area (Å²) in [5.74, 6) is -0.802. The summed E-state index contributed by atoms with van der Waals surface area (Å²) in [5, 5.41) is 1.60. The lowest BCUT2D eigenvalue weighted by molar-refractivity contribution is -0.157. The Labute approximate surface area is 196 Å². The van der Waals surface area contributed by atoms with E-state index < -0.39 is 16.8 Å². The molecule has 1 saturated carbocycles. The van der Waals surface area contributed by atoms with Gasteiger partial charge in [0.15, 0.2) is 17.0 Å². The zero-order valence-electron chi connectivity index (χ0n) is 17.8. The van der Waals surface area contributed by atoms with Crippen molar-refractivity contribution >= 4 is 46.6 Å². The molecule has 4 rings (SSSR count). The van der Waals surface area contributed by atoms with Crippen molar-refractivity contribution < 1.29 is 19.1 Å². The van der Waals surface area contributed by atoms with Crippen LogP contribution in [0.15, 0.2) is 29.2 Å². The average molecular weight is 479 g/mol. The molecule has 0 spiro atoms. The van der Waals surface area contributed by atoms with E-state index in [-0.39, 0.29) is 35.9 Å². The molecular formula is C23H27ClN2O5S. The molecule has 1 saturated heterocycles. The van der Waals surface area contributed by atoms with Crippen LogP contribution < -0.4 is 16.0 Å². The van der Waals surface area contributed by atoms with Gasteiger partial charge in [-0.05, 0) is 55.7 Å². The van der Waals surface area contributed by atoms with Gasteiger partial charge in [-0.3, -0.25) is 14.4 Å². The molecular weight excluding hydrogens is 452 g/mol. The van der Waals surface area contributed by atoms with Crippen molar-refractivity contribution in [1.82, 2.24) is 4.98 Å². The summed E-state index contributed by atoms with van der Waals surface area (Å²) in [6, 6.07) is 4.87. The SMILES string of the molecule is CCC(N)C1(C2C(=O)COC(S)C2=O)CCC(Oc2cc3cc[nH]c(=O)c3cc2Cl)CC1. The number of nitrogens with two attached hydrogens (primary N) is 1. The van der Waals surface area contributed by atoms with Gasteiger partial charge in [0.1, 0.15) is 12.4 Å². The molecule has 1 aliphatic carbocycles. The van der Waals surface area contributed by atoms with Gasteiger partial charge in [0, 0.05) is 23.0 Å². The summed E-state index contributed by atoms with van der Waals surface area (Å²) in [4.78, 5) is 40.2. The van der Waals surface area contributed by atoms with Crippen molar-refractivity contribution in [3.05, 3.63) is 39.8 Å². The zero-order valence-corrected chi connectivity index (χ0v) is 19.5. The first-order valence-corrected chi connectivity index (χ1v) is 11.8. The Hall–Kier alpha value is -1.87. The molecule has 2 aromatic rings. The first-order chi connectivity index (χ1) is 15.3. The molecule has 32 heavy (non-hydrogen) atoms. The van der Waals surface area contributed by atoms with E-state index >= 15 is 0 Å². The molecule has 3 atom stereocenters. The number of ether oxygens (including phenoxy) is 2. The van der Waals surface area contributed by atoms with Gasteiger partial charge in [-0.15, -0.1) is 12.6 Å². The Morgan fingerprint density at radius 2 is 2.03 bits per heavy atom. The molecule has 2 aliphatic rings. The standard InChI is InChI=1S/C23H27ClN2O5S/c1-2-18(25)23(19-16(27)11-30-22(32)20(19)28)6-3-13(4-7-23)31-17-9-12-5-8-26-21(29)14(12)10-15(17)24/h5,8-10,13,18-19,22,32H,2-4,6-7,11,25H2,1H3,(H,26,29). The molecule has 172 valence electrons. The summed E-state index contributed by atoms with van der Waals surface area (Å²) in [5.41, 5.74) is 4.78. The maximum Gasteiger partial charge on any atom is 0.255 e. The zero-order chi connectivity index (χ0) is 23.0. The molecule has 7 nitrogen and oxygen atoms in total. The summed E-state index contributed by atoms with van der Waals surface area (Å²) < 4.78 is 11.4. The van der Waals surface area contributed by atoms with Crippen molar-refractivity contribution in [1.29, 1.82) is 0 Å². The molecule has 0 bridgehead atoms. The van der Waals surface area contributed by atoms with Crippen LogP contribution in [0, 0.1) is 11.3 Å². The largest absolute Gasteiger partial charge is 0.489 e. The molecule has 2 heterocycles. The Bertz CT molecular complexity index is 1100. The van der Waals surface area contributed by atoms with E-state index in [0.717, 1.165) is 5.39 Å². The van der Waals surface area contributed by atoms with E-state index in [2.05, 4.69) is 17.6 Å². The summed E-state index contributed by atoms with van der Waals surface area (Å²) in [6.07, 6.45) is 4.53. The second-order valence-electron chi connectivity index (χ2n) is 8.71. The highest BCUT2D eigenvalue weighted by Crippen LogP contribution is 2.49. The van der Waals surface area contributed by atoms with Gasteiger partial charge in [-0.2, -0.15) is 0 Å². The summed E-state index contributed by atoms with van der Waals surface area (Å²) in [6.45, 7) is 1.85. The topological polar surface area (TPSA) is 111 Å². The number of halogens is 1. The first-order valence-electron chi connectivity index (χ1n) is 10.9. The molecule has 3 unspecified atom stereocenters. The normalized spacial score (nSPS) is 29.8. The van der Waals surface area contributed by atoms with Crippen molar-refractivity contribution in [2.24, 2.45) is 17.1 Å². The van der Waals surface area contributed by atoms with E-state index in [1.807, 2.05) is 6.92 Å². The van der Waals surface area contributed by atoms with Gasteiger partial charge in [-0.1, -0.05) is 18.5 Å². The Balaban J connectivity index is 1.55. The van der Waals surface area contributed by atoms with Crippen LogP contribution in [0.3, 0.4) is 0 Å². The Morgan fingerprint density at radius 1 is 1.31 bits per heavy atom. The average Bonchev–Trinajstić information content (AvgIpc) is 2.78. The van der Waals surface area contributed by atoms with Crippen molar-refractivity contribution in [2.45, 2.75) is 56.6 Å². The van der Waals surface area contributed by atoms with E-state index in [4.69, 9.17) is 26.8 Å². The third-order valence-corrected chi connectivity index (χ3v) is 7.67. The monoisotopic (exact) mass is 478 g/mol. The third-order valence-electron chi connectivity index (χ3n) is 6.97.